The number of hydrogen-bond donors (Lipinski definition) is 1. The Bertz CT molecular complexity index is 1430. The lowest BCUT2D eigenvalue weighted by molar-refractivity contribution is -0.170. The van der Waals surface area contributed by atoms with Crippen LogP contribution >= 0.6 is 0 Å². The molecule has 1 aliphatic rings. The molecule has 0 bridgehead atoms. The van der Waals surface area contributed by atoms with Crippen molar-refractivity contribution in [3.05, 3.63) is 131 Å². The van der Waals surface area contributed by atoms with Crippen LogP contribution in [0.3, 0.4) is 0 Å². The van der Waals surface area contributed by atoms with Gasteiger partial charge in [-0.1, -0.05) is 87.5 Å². The second kappa shape index (κ2) is 12.1. The van der Waals surface area contributed by atoms with Crippen molar-refractivity contribution in [1.29, 1.82) is 0 Å². The molecule has 41 heavy (non-hydrogen) atoms. The van der Waals surface area contributed by atoms with E-state index < -0.39 is 11.7 Å². The molecule has 1 N–H and O–H groups in total. The first-order chi connectivity index (χ1) is 19.6. The molecule has 1 heterocycles. The molecule has 214 valence electrons. The summed E-state index contributed by atoms with van der Waals surface area (Å²) in [7, 11) is 0. The summed E-state index contributed by atoms with van der Waals surface area (Å²) in [5, 5.41) is 3.57. The van der Waals surface area contributed by atoms with E-state index in [-0.39, 0.29) is 17.3 Å². The Morgan fingerprint density at radius 2 is 1.41 bits per heavy atom. The molecule has 1 aliphatic heterocycles. The third-order valence-corrected chi connectivity index (χ3v) is 7.58. The summed E-state index contributed by atoms with van der Waals surface area (Å²) in [6.07, 6.45) is -0.772. The third kappa shape index (κ3) is 7.16. The van der Waals surface area contributed by atoms with Crippen LogP contribution in [0.2, 0.25) is 0 Å². The smallest absolute Gasteiger partial charge is 0.132 e. The van der Waals surface area contributed by atoms with Gasteiger partial charge in [-0.15, -0.1) is 0 Å². The van der Waals surface area contributed by atoms with E-state index in [2.05, 4.69) is 68.6 Å². The highest BCUT2D eigenvalue weighted by molar-refractivity contribution is 5.54. The maximum Gasteiger partial charge on any atom is 0.132 e. The largest absolute Gasteiger partial charge is 0.485 e. The molecule has 0 aliphatic carbocycles. The number of halogens is 1. The van der Waals surface area contributed by atoms with E-state index >= 15 is 0 Å². The van der Waals surface area contributed by atoms with E-state index in [4.69, 9.17) is 14.2 Å². The molecular weight excluding hydrogens is 513 g/mol. The number of nitrogens with one attached hydrogen (secondary N) is 1. The molecule has 0 spiro atoms. The molecule has 2 unspecified atom stereocenters. The van der Waals surface area contributed by atoms with E-state index in [1.807, 2.05) is 44.2 Å². The van der Waals surface area contributed by atoms with Crippen molar-refractivity contribution < 1.29 is 18.6 Å². The molecule has 0 amide bonds. The zero-order chi connectivity index (χ0) is 29.0. The minimum atomic E-state index is -0.655. The van der Waals surface area contributed by atoms with Crippen molar-refractivity contribution in [2.45, 2.75) is 77.6 Å². The van der Waals surface area contributed by atoms with E-state index in [0.29, 0.717) is 19.8 Å². The highest BCUT2D eigenvalue weighted by Crippen LogP contribution is 2.45. The number of fused-ring (bicyclic) bond motifs is 1. The summed E-state index contributed by atoms with van der Waals surface area (Å²) >= 11 is 0. The summed E-state index contributed by atoms with van der Waals surface area (Å²) in [5.41, 5.74) is 5.91. The maximum atomic E-state index is 13.5. The van der Waals surface area contributed by atoms with Gasteiger partial charge in [0, 0.05) is 17.8 Å². The van der Waals surface area contributed by atoms with Crippen LogP contribution in [0.4, 0.5) is 10.1 Å². The summed E-state index contributed by atoms with van der Waals surface area (Å²) in [6.45, 7) is 12.2. The van der Waals surface area contributed by atoms with Gasteiger partial charge in [0.1, 0.15) is 29.4 Å². The lowest BCUT2D eigenvalue weighted by atomic mass is 9.87. The van der Waals surface area contributed by atoms with Crippen molar-refractivity contribution >= 4 is 5.69 Å². The lowest BCUT2D eigenvalue weighted by Crippen LogP contribution is -2.50. The molecule has 0 fully saturated rings. The van der Waals surface area contributed by atoms with Gasteiger partial charge in [0.15, 0.2) is 0 Å². The predicted molar refractivity (Wildman–Crippen MR) is 163 cm³/mol. The average Bonchev–Trinajstić information content (AvgIpc) is 2.95. The minimum absolute atomic E-state index is 0.127. The van der Waals surface area contributed by atoms with Crippen LogP contribution in [0.15, 0.2) is 97.1 Å². The van der Waals surface area contributed by atoms with Crippen LogP contribution in [-0.2, 0) is 34.6 Å². The van der Waals surface area contributed by atoms with E-state index in [0.717, 1.165) is 28.1 Å². The van der Waals surface area contributed by atoms with Gasteiger partial charge in [0.2, 0.25) is 0 Å². The lowest BCUT2D eigenvalue weighted by Gasteiger charge is -2.44. The average molecular weight is 554 g/mol. The Morgan fingerprint density at radius 1 is 0.780 bits per heavy atom. The Labute approximate surface area is 243 Å². The quantitative estimate of drug-likeness (QED) is 0.225. The van der Waals surface area contributed by atoms with Crippen LogP contribution < -0.4 is 10.1 Å². The molecule has 4 aromatic carbocycles. The second-order valence-corrected chi connectivity index (χ2v) is 12.3. The molecular formula is C36H40FNO3. The third-order valence-electron chi connectivity index (χ3n) is 7.58. The number of ether oxygens (including phenoxy) is 3. The normalized spacial score (nSPS) is 17.9. The maximum absolute atomic E-state index is 13.5. The van der Waals surface area contributed by atoms with Crippen molar-refractivity contribution in [2.24, 2.45) is 0 Å². The van der Waals surface area contributed by atoms with Crippen LogP contribution in [0, 0.1) is 5.82 Å². The molecule has 0 saturated carbocycles. The molecule has 5 heteroatoms. The van der Waals surface area contributed by atoms with Crippen molar-refractivity contribution in [2.75, 3.05) is 5.32 Å². The topological polar surface area (TPSA) is 39.7 Å². The molecule has 4 nitrogen and oxygen atoms in total. The fraction of sp³-hybridized carbons (Fsp3) is 0.333. The van der Waals surface area contributed by atoms with Crippen LogP contribution in [-0.4, -0.2) is 11.7 Å². The van der Waals surface area contributed by atoms with Gasteiger partial charge in [-0.25, -0.2) is 4.39 Å². The predicted octanol–water partition coefficient (Wildman–Crippen LogP) is 8.75. The van der Waals surface area contributed by atoms with Crippen LogP contribution in [0.25, 0.3) is 0 Å². The highest BCUT2D eigenvalue weighted by Gasteiger charge is 2.45. The van der Waals surface area contributed by atoms with Crippen LogP contribution in [0.1, 0.15) is 68.5 Å². The summed E-state index contributed by atoms with van der Waals surface area (Å²) in [6, 6.07) is 31.5. The molecule has 0 saturated heterocycles. The first-order valence-electron chi connectivity index (χ1n) is 14.3. The van der Waals surface area contributed by atoms with Gasteiger partial charge in [0.25, 0.3) is 0 Å². The number of benzene rings is 4. The monoisotopic (exact) mass is 553 g/mol. The summed E-state index contributed by atoms with van der Waals surface area (Å²) in [5.74, 6) is 0.521. The second-order valence-electron chi connectivity index (χ2n) is 12.3. The highest BCUT2D eigenvalue weighted by atomic mass is 19.1. The number of hydrogen-bond acceptors (Lipinski definition) is 4. The molecule has 2 atom stereocenters. The van der Waals surface area contributed by atoms with Gasteiger partial charge < -0.3 is 19.5 Å². The number of rotatable bonds is 9. The van der Waals surface area contributed by atoms with E-state index in [1.54, 1.807) is 12.1 Å². The zero-order valence-electron chi connectivity index (χ0n) is 24.6. The van der Waals surface area contributed by atoms with Gasteiger partial charge >= 0.3 is 0 Å². The van der Waals surface area contributed by atoms with Crippen molar-refractivity contribution in [3.8, 4) is 5.75 Å². The molecule has 5 rings (SSSR count). The zero-order valence-corrected chi connectivity index (χ0v) is 24.6. The molecule has 0 radical (unpaired) electrons. The van der Waals surface area contributed by atoms with Gasteiger partial charge in [-0.05, 0) is 71.8 Å². The van der Waals surface area contributed by atoms with E-state index in [1.165, 1.54) is 23.3 Å². The fourth-order valence-electron chi connectivity index (χ4n) is 5.16. The Morgan fingerprint density at radius 3 is 2.10 bits per heavy atom. The first kappa shape index (κ1) is 28.8. The fourth-order valence-corrected chi connectivity index (χ4v) is 5.16. The number of anilines is 1. The molecule has 4 aromatic rings. The van der Waals surface area contributed by atoms with Gasteiger partial charge in [0.05, 0.1) is 13.2 Å². The molecule has 0 aromatic heterocycles. The Kier molecular flexibility index (Phi) is 8.48. The summed E-state index contributed by atoms with van der Waals surface area (Å²) < 4.78 is 33.1. The van der Waals surface area contributed by atoms with Gasteiger partial charge in [-0.2, -0.15) is 0 Å². The van der Waals surface area contributed by atoms with Crippen molar-refractivity contribution in [3.63, 3.8) is 0 Å². The summed E-state index contributed by atoms with van der Waals surface area (Å²) in [4.78, 5) is 0. The Balaban J connectivity index is 1.39. The minimum Gasteiger partial charge on any atom is -0.485 e. The van der Waals surface area contributed by atoms with E-state index in [9.17, 15) is 4.39 Å². The standard InChI is InChI=1S/C36H40FNO3/c1-35(2,3)28-15-11-25(12-16-28)22-38-30-19-20-32-31(21-30)33(39-23-26-9-7-6-8-10-26)34(36(4,5)41-32)40-24-27-13-17-29(37)18-14-27/h6-21,33-34,38H,22-24H2,1-5H3. The van der Waals surface area contributed by atoms with Crippen molar-refractivity contribution in [1.82, 2.24) is 0 Å². The first-order valence-corrected chi connectivity index (χ1v) is 14.3. The van der Waals surface area contributed by atoms with Crippen LogP contribution in [0.5, 0.6) is 5.75 Å². The Hall–Kier alpha value is -3.67. The van der Waals surface area contributed by atoms with Gasteiger partial charge in [-0.3, -0.25) is 0 Å². The SMILES string of the molecule is CC(C)(C)c1ccc(CNc2ccc3c(c2)C(OCc2ccccc2)C(OCc2ccc(F)cc2)C(C)(C)O3)cc1.